The summed E-state index contributed by atoms with van der Waals surface area (Å²) in [6, 6.07) is -0.405. The van der Waals surface area contributed by atoms with Crippen molar-refractivity contribution >= 4 is 16.1 Å². The van der Waals surface area contributed by atoms with E-state index in [0.717, 1.165) is 15.3 Å². The number of amides is 1. The van der Waals surface area contributed by atoms with Crippen LogP contribution >= 0.6 is 0 Å². The Kier molecular flexibility index (Phi) is 5.68. The van der Waals surface area contributed by atoms with Gasteiger partial charge in [0.05, 0.1) is 6.61 Å². The van der Waals surface area contributed by atoms with Crippen LogP contribution in [0, 0.1) is 0 Å². The lowest BCUT2D eigenvalue weighted by atomic mass is 10.1. The van der Waals surface area contributed by atoms with Gasteiger partial charge in [-0.1, -0.05) is 0 Å². The maximum absolute atomic E-state index is 12.5. The number of rotatable bonds is 4. The number of hydrogen-bond acceptors (Lipinski definition) is 6. The molecule has 1 fully saturated rings. The summed E-state index contributed by atoms with van der Waals surface area (Å²) in [5.41, 5.74) is -1.48. The summed E-state index contributed by atoms with van der Waals surface area (Å²) in [6.07, 6.45) is 1.41. The van der Waals surface area contributed by atoms with Crippen molar-refractivity contribution in [1.29, 1.82) is 0 Å². The molecular formula is C14H22N4O6S. The second-order valence-electron chi connectivity index (χ2n) is 5.83. The molecule has 2 rings (SSSR count). The highest BCUT2D eigenvalue weighted by atomic mass is 32.2. The van der Waals surface area contributed by atoms with Crippen LogP contribution in [-0.4, -0.2) is 54.3 Å². The highest BCUT2D eigenvalue weighted by Crippen LogP contribution is 2.14. The van der Waals surface area contributed by atoms with Crippen molar-refractivity contribution in [3.63, 3.8) is 0 Å². The molecule has 0 radical (unpaired) electrons. The van der Waals surface area contributed by atoms with E-state index in [2.05, 4.69) is 4.72 Å². The zero-order valence-electron chi connectivity index (χ0n) is 14.4. The average molecular weight is 374 g/mol. The monoisotopic (exact) mass is 374 g/mol. The van der Waals surface area contributed by atoms with E-state index >= 15 is 0 Å². The van der Waals surface area contributed by atoms with Crippen LogP contribution in [0.4, 0.5) is 4.79 Å². The minimum atomic E-state index is -4.08. The molecule has 140 valence electrons. The molecule has 1 amide bonds. The molecule has 10 nitrogen and oxygen atoms in total. The Morgan fingerprint density at radius 2 is 1.88 bits per heavy atom. The maximum atomic E-state index is 12.5. The van der Waals surface area contributed by atoms with E-state index in [-0.39, 0.29) is 6.61 Å². The van der Waals surface area contributed by atoms with Crippen molar-refractivity contribution < 1.29 is 17.9 Å². The first-order chi connectivity index (χ1) is 11.7. The number of nitrogens with zero attached hydrogens (tertiary/aromatic N) is 3. The van der Waals surface area contributed by atoms with Gasteiger partial charge in [0.25, 0.3) is 5.56 Å². The summed E-state index contributed by atoms with van der Waals surface area (Å²) in [4.78, 5) is 36.5. The molecule has 11 heteroatoms. The predicted molar refractivity (Wildman–Crippen MR) is 88.9 cm³/mol. The zero-order valence-corrected chi connectivity index (χ0v) is 15.2. The molecular weight excluding hydrogens is 352 g/mol. The SMILES string of the molecule is CCOC(=O)N1CCC(NS(=O)(=O)c2cn(C)c(=O)n(C)c2=O)CC1. The summed E-state index contributed by atoms with van der Waals surface area (Å²) < 4.78 is 34.2. The Morgan fingerprint density at radius 1 is 1.28 bits per heavy atom. The molecule has 0 atom stereocenters. The number of nitrogens with one attached hydrogen (secondary N) is 1. The van der Waals surface area contributed by atoms with Gasteiger partial charge in [0.2, 0.25) is 10.0 Å². The quantitative estimate of drug-likeness (QED) is 0.721. The van der Waals surface area contributed by atoms with Crippen LogP contribution in [0.3, 0.4) is 0 Å². The molecule has 1 N–H and O–H groups in total. The van der Waals surface area contributed by atoms with Crippen molar-refractivity contribution in [2.24, 2.45) is 14.1 Å². The second kappa shape index (κ2) is 7.40. The van der Waals surface area contributed by atoms with E-state index in [1.807, 2.05) is 0 Å². The predicted octanol–water partition coefficient (Wildman–Crippen LogP) is -1.02. The molecule has 2 heterocycles. The van der Waals surface area contributed by atoms with E-state index in [0.29, 0.717) is 25.9 Å². The third kappa shape index (κ3) is 4.10. The third-order valence-electron chi connectivity index (χ3n) is 4.05. The lowest BCUT2D eigenvalue weighted by Crippen LogP contribution is -2.48. The maximum Gasteiger partial charge on any atom is 0.409 e. The number of aromatic nitrogens is 2. The first kappa shape index (κ1) is 19.2. The molecule has 1 aromatic rings. The Hall–Kier alpha value is -2.14. The molecule has 1 saturated heterocycles. The fourth-order valence-electron chi connectivity index (χ4n) is 2.64. The highest BCUT2D eigenvalue weighted by Gasteiger charge is 2.29. The van der Waals surface area contributed by atoms with Crippen LogP contribution in [0.2, 0.25) is 0 Å². The number of ether oxygens (including phenoxy) is 1. The van der Waals surface area contributed by atoms with Crippen LogP contribution in [0.25, 0.3) is 0 Å². The summed E-state index contributed by atoms with van der Waals surface area (Å²) in [5, 5.41) is 0. The number of hydrogen-bond donors (Lipinski definition) is 1. The molecule has 0 unspecified atom stereocenters. The second-order valence-corrected chi connectivity index (χ2v) is 7.51. The van der Waals surface area contributed by atoms with Gasteiger partial charge in [-0.3, -0.25) is 9.36 Å². The fraction of sp³-hybridized carbons (Fsp3) is 0.643. The Labute approximate surface area is 145 Å². The molecule has 1 aromatic heterocycles. The number of sulfonamides is 1. The minimum absolute atomic E-state index is 0.279. The third-order valence-corrected chi connectivity index (χ3v) is 5.55. The molecule has 0 aromatic carbocycles. The number of aryl methyl sites for hydroxylation is 1. The number of likely N-dealkylation sites (tertiary alicyclic amines) is 1. The Balaban J connectivity index is 2.13. The number of carbonyl (C=O) groups excluding carboxylic acids is 1. The van der Waals surface area contributed by atoms with Crippen LogP contribution in [-0.2, 0) is 28.9 Å². The van der Waals surface area contributed by atoms with Gasteiger partial charge in [0.1, 0.15) is 0 Å². The molecule has 0 saturated carbocycles. The van der Waals surface area contributed by atoms with Gasteiger partial charge in [-0.25, -0.2) is 22.7 Å². The summed E-state index contributed by atoms with van der Waals surface area (Å²) in [5.74, 6) is 0. The average Bonchev–Trinajstić information content (AvgIpc) is 2.56. The van der Waals surface area contributed by atoms with Crippen LogP contribution < -0.4 is 16.0 Å². The molecule has 0 spiro atoms. The molecule has 0 bridgehead atoms. The van der Waals surface area contributed by atoms with Crippen LogP contribution in [0.1, 0.15) is 19.8 Å². The topological polar surface area (TPSA) is 120 Å². The highest BCUT2D eigenvalue weighted by molar-refractivity contribution is 7.89. The minimum Gasteiger partial charge on any atom is -0.450 e. The summed E-state index contributed by atoms with van der Waals surface area (Å²) in [7, 11) is -1.48. The van der Waals surface area contributed by atoms with Gasteiger partial charge in [-0.05, 0) is 19.8 Å². The van der Waals surface area contributed by atoms with Gasteiger partial charge >= 0.3 is 11.8 Å². The van der Waals surface area contributed by atoms with Crippen LogP contribution in [0.5, 0.6) is 0 Å². The van der Waals surface area contributed by atoms with E-state index in [4.69, 9.17) is 4.74 Å². The van der Waals surface area contributed by atoms with Gasteiger partial charge in [0, 0.05) is 39.4 Å². The standard InChI is InChI=1S/C14H22N4O6S/c1-4-24-14(21)18-7-5-10(6-8-18)15-25(22,23)11-9-16(2)13(20)17(3)12(11)19/h9-10,15H,4-8H2,1-3H3. The fourth-order valence-corrected chi connectivity index (χ4v) is 4.10. The van der Waals surface area contributed by atoms with Gasteiger partial charge in [-0.15, -0.1) is 0 Å². The lowest BCUT2D eigenvalue weighted by Gasteiger charge is -2.31. The van der Waals surface area contributed by atoms with Gasteiger partial charge in [0.15, 0.2) is 4.90 Å². The van der Waals surface area contributed by atoms with Crippen molar-refractivity contribution in [3.05, 3.63) is 27.0 Å². The van der Waals surface area contributed by atoms with Crippen molar-refractivity contribution in [3.8, 4) is 0 Å². The van der Waals surface area contributed by atoms with E-state index < -0.39 is 38.3 Å². The van der Waals surface area contributed by atoms with Crippen molar-refractivity contribution in [1.82, 2.24) is 18.8 Å². The van der Waals surface area contributed by atoms with E-state index in [1.54, 1.807) is 6.92 Å². The first-order valence-electron chi connectivity index (χ1n) is 7.88. The molecule has 1 aliphatic heterocycles. The summed E-state index contributed by atoms with van der Waals surface area (Å²) in [6.45, 7) is 2.71. The van der Waals surface area contributed by atoms with E-state index in [1.165, 1.54) is 19.0 Å². The van der Waals surface area contributed by atoms with Crippen molar-refractivity contribution in [2.45, 2.75) is 30.7 Å². The van der Waals surface area contributed by atoms with E-state index in [9.17, 15) is 22.8 Å². The largest absolute Gasteiger partial charge is 0.450 e. The van der Waals surface area contributed by atoms with Gasteiger partial charge in [-0.2, -0.15) is 0 Å². The molecule has 0 aliphatic carbocycles. The normalized spacial score (nSPS) is 16.0. The van der Waals surface area contributed by atoms with Gasteiger partial charge < -0.3 is 14.2 Å². The molecule has 25 heavy (non-hydrogen) atoms. The lowest BCUT2D eigenvalue weighted by molar-refractivity contribution is 0.0966. The number of piperidine rings is 1. The molecule has 1 aliphatic rings. The smallest absolute Gasteiger partial charge is 0.409 e. The first-order valence-corrected chi connectivity index (χ1v) is 9.36. The zero-order chi connectivity index (χ0) is 18.8. The van der Waals surface area contributed by atoms with Crippen molar-refractivity contribution in [2.75, 3.05) is 19.7 Å². The summed E-state index contributed by atoms with van der Waals surface area (Å²) >= 11 is 0. The Bertz CT molecular complexity index is 864. The Morgan fingerprint density at radius 3 is 2.44 bits per heavy atom. The number of carbonyl (C=O) groups is 1. The van der Waals surface area contributed by atoms with Crippen LogP contribution in [0.15, 0.2) is 20.7 Å².